The van der Waals surface area contributed by atoms with Crippen LogP contribution in [-0.4, -0.2) is 35.1 Å². The topological polar surface area (TPSA) is 73.8 Å². The van der Waals surface area contributed by atoms with Crippen molar-refractivity contribution in [2.24, 2.45) is 0 Å². The lowest BCUT2D eigenvalue weighted by molar-refractivity contribution is -0.0589. The zero-order chi connectivity index (χ0) is 23.5. The number of aryl methyl sites for hydroxylation is 2. The zero-order valence-electron chi connectivity index (χ0n) is 20.2. The van der Waals surface area contributed by atoms with E-state index in [-0.39, 0.29) is 23.8 Å². The lowest BCUT2D eigenvalue weighted by Gasteiger charge is -2.34. The molecule has 1 heterocycles. The zero-order valence-corrected chi connectivity index (χ0v) is 20.2. The molecule has 0 aromatic heterocycles. The Hall–Kier alpha value is -2.57. The SMILES string of the molecule is CCC(C)(C)OCC(O)N1c2ccccc2CCc2ccc(NC(=O)NC(C)(C)C)cc21. The van der Waals surface area contributed by atoms with Gasteiger partial charge >= 0.3 is 6.03 Å². The average Bonchev–Trinajstić information content (AvgIpc) is 2.87. The van der Waals surface area contributed by atoms with Gasteiger partial charge in [0.2, 0.25) is 0 Å². The van der Waals surface area contributed by atoms with E-state index in [0.29, 0.717) is 5.69 Å². The lowest BCUT2D eigenvalue weighted by atomic mass is 10.0. The highest BCUT2D eigenvalue weighted by Gasteiger charge is 2.28. The number of aliphatic hydroxyl groups excluding tert-OH is 1. The van der Waals surface area contributed by atoms with Crippen LogP contribution in [0.15, 0.2) is 42.5 Å². The molecule has 0 fully saturated rings. The van der Waals surface area contributed by atoms with E-state index in [9.17, 15) is 9.90 Å². The predicted molar refractivity (Wildman–Crippen MR) is 131 cm³/mol. The number of nitrogens with zero attached hydrogens (tertiary/aromatic N) is 1. The number of carbonyl (C=O) groups is 1. The number of anilines is 3. The summed E-state index contributed by atoms with van der Waals surface area (Å²) >= 11 is 0. The van der Waals surface area contributed by atoms with Crippen molar-refractivity contribution in [1.82, 2.24) is 5.32 Å². The smallest absolute Gasteiger partial charge is 0.319 e. The van der Waals surface area contributed by atoms with E-state index in [2.05, 4.69) is 23.6 Å². The van der Waals surface area contributed by atoms with Crippen LogP contribution >= 0.6 is 0 Å². The van der Waals surface area contributed by atoms with Crippen molar-refractivity contribution in [1.29, 1.82) is 0 Å². The molecule has 1 aliphatic rings. The van der Waals surface area contributed by atoms with E-state index in [1.807, 2.05) is 75.9 Å². The number of hydrogen-bond acceptors (Lipinski definition) is 4. The second kappa shape index (κ2) is 9.51. The van der Waals surface area contributed by atoms with Gasteiger partial charge in [-0.2, -0.15) is 0 Å². The summed E-state index contributed by atoms with van der Waals surface area (Å²) in [4.78, 5) is 14.4. The Balaban J connectivity index is 1.95. The largest absolute Gasteiger partial charge is 0.371 e. The highest BCUT2D eigenvalue weighted by Crippen LogP contribution is 2.39. The van der Waals surface area contributed by atoms with E-state index in [0.717, 1.165) is 36.2 Å². The Morgan fingerprint density at radius 2 is 1.72 bits per heavy atom. The quantitative estimate of drug-likeness (QED) is 0.566. The Morgan fingerprint density at radius 3 is 2.38 bits per heavy atom. The molecule has 2 amide bonds. The first-order chi connectivity index (χ1) is 15.0. The maximum Gasteiger partial charge on any atom is 0.319 e. The maximum absolute atomic E-state index is 12.4. The Labute approximate surface area is 192 Å². The monoisotopic (exact) mass is 439 g/mol. The number of benzene rings is 2. The first-order valence-electron chi connectivity index (χ1n) is 11.4. The summed E-state index contributed by atoms with van der Waals surface area (Å²) in [6.45, 7) is 12.1. The van der Waals surface area contributed by atoms with Gasteiger partial charge in [-0.25, -0.2) is 4.79 Å². The molecule has 2 aromatic rings. The highest BCUT2D eigenvalue weighted by atomic mass is 16.5. The first-order valence-corrected chi connectivity index (χ1v) is 11.4. The predicted octanol–water partition coefficient (Wildman–Crippen LogP) is 5.37. The number of amides is 2. The number of rotatable bonds is 6. The molecule has 3 N–H and O–H groups in total. The van der Waals surface area contributed by atoms with Gasteiger partial charge in [0, 0.05) is 22.6 Å². The van der Waals surface area contributed by atoms with Crippen LogP contribution in [0.2, 0.25) is 0 Å². The molecule has 32 heavy (non-hydrogen) atoms. The number of fused-ring (bicyclic) bond motifs is 2. The van der Waals surface area contributed by atoms with Crippen molar-refractivity contribution in [3.63, 3.8) is 0 Å². The minimum absolute atomic E-state index is 0.177. The van der Waals surface area contributed by atoms with Gasteiger partial charge in [-0.15, -0.1) is 0 Å². The fraction of sp³-hybridized carbons (Fsp3) is 0.500. The van der Waals surface area contributed by atoms with Crippen LogP contribution in [-0.2, 0) is 17.6 Å². The lowest BCUT2D eigenvalue weighted by Crippen LogP contribution is -2.43. The number of aliphatic hydroxyl groups is 1. The van der Waals surface area contributed by atoms with Gasteiger partial charge in [-0.05, 0) is 83.2 Å². The van der Waals surface area contributed by atoms with Crippen LogP contribution in [0.1, 0.15) is 59.1 Å². The molecule has 0 spiro atoms. The molecule has 0 radical (unpaired) electrons. The Kier molecular flexibility index (Phi) is 7.16. The fourth-order valence-electron chi connectivity index (χ4n) is 3.73. The van der Waals surface area contributed by atoms with Crippen molar-refractivity contribution in [3.05, 3.63) is 53.6 Å². The summed E-state index contributed by atoms with van der Waals surface area (Å²) in [5.41, 5.74) is 4.18. The van der Waals surface area contributed by atoms with Crippen LogP contribution in [0.4, 0.5) is 21.9 Å². The van der Waals surface area contributed by atoms with E-state index in [4.69, 9.17) is 4.74 Å². The minimum atomic E-state index is -0.863. The molecule has 0 bridgehead atoms. The van der Waals surface area contributed by atoms with E-state index in [1.54, 1.807) is 0 Å². The van der Waals surface area contributed by atoms with Crippen molar-refractivity contribution in [2.75, 3.05) is 16.8 Å². The average molecular weight is 440 g/mol. The Bertz CT molecular complexity index is 950. The molecule has 2 aromatic carbocycles. The van der Waals surface area contributed by atoms with Crippen molar-refractivity contribution >= 4 is 23.1 Å². The fourth-order valence-corrected chi connectivity index (χ4v) is 3.73. The number of para-hydroxylation sites is 1. The van der Waals surface area contributed by atoms with Gasteiger partial charge in [0.15, 0.2) is 6.23 Å². The third kappa shape index (κ3) is 6.02. The molecule has 6 heteroatoms. The van der Waals surface area contributed by atoms with Gasteiger partial charge in [-0.1, -0.05) is 31.2 Å². The number of hydrogen-bond donors (Lipinski definition) is 3. The number of ether oxygens (including phenoxy) is 1. The molecule has 0 aliphatic carbocycles. The molecule has 0 saturated carbocycles. The second-order valence-electron chi connectivity index (χ2n) is 10.1. The van der Waals surface area contributed by atoms with Gasteiger partial charge in [-0.3, -0.25) is 0 Å². The molecular formula is C26H37N3O3. The molecule has 0 saturated heterocycles. The van der Waals surface area contributed by atoms with E-state index < -0.39 is 6.23 Å². The van der Waals surface area contributed by atoms with Gasteiger partial charge in [0.25, 0.3) is 0 Å². The molecular weight excluding hydrogens is 402 g/mol. The minimum Gasteiger partial charge on any atom is -0.371 e. The third-order valence-electron chi connectivity index (χ3n) is 5.78. The third-order valence-corrected chi connectivity index (χ3v) is 5.78. The van der Waals surface area contributed by atoms with Gasteiger partial charge in [0.05, 0.1) is 12.2 Å². The highest BCUT2D eigenvalue weighted by molar-refractivity contribution is 5.91. The molecule has 1 unspecified atom stereocenters. The van der Waals surface area contributed by atoms with Crippen molar-refractivity contribution < 1.29 is 14.6 Å². The molecule has 174 valence electrons. The summed E-state index contributed by atoms with van der Waals surface area (Å²) < 4.78 is 6.04. The number of nitrogens with one attached hydrogen (secondary N) is 2. The Morgan fingerprint density at radius 1 is 1.06 bits per heavy atom. The standard InChI is InChI=1S/C26H37N3O3/c1-7-26(5,6)32-17-23(30)29-21-11-9-8-10-18(21)12-13-19-14-15-20(16-22(19)29)27-24(31)28-25(2,3)4/h8-11,14-16,23,30H,7,12-13,17H2,1-6H3,(H2,27,28,31). The molecule has 6 nitrogen and oxygen atoms in total. The van der Waals surface area contributed by atoms with Crippen LogP contribution in [0.5, 0.6) is 0 Å². The summed E-state index contributed by atoms with van der Waals surface area (Å²) in [7, 11) is 0. The van der Waals surface area contributed by atoms with E-state index in [1.165, 1.54) is 5.56 Å². The summed E-state index contributed by atoms with van der Waals surface area (Å²) in [5.74, 6) is 0. The van der Waals surface area contributed by atoms with Crippen LogP contribution in [0, 0.1) is 0 Å². The van der Waals surface area contributed by atoms with E-state index >= 15 is 0 Å². The number of carbonyl (C=O) groups excluding carboxylic acids is 1. The van der Waals surface area contributed by atoms with Crippen LogP contribution in [0.3, 0.4) is 0 Å². The van der Waals surface area contributed by atoms with Crippen molar-refractivity contribution in [2.45, 2.75) is 78.2 Å². The van der Waals surface area contributed by atoms with Crippen LogP contribution in [0.25, 0.3) is 0 Å². The maximum atomic E-state index is 12.4. The van der Waals surface area contributed by atoms with Gasteiger partial charge in [0.1, 0.15) is 0 Å². The summed E-state index contributed by atoms with van der Waals surface area (Å²) in [6.07, 6.45) is 1.72. The normalized spacial score (nSPS) is 14.8. The second-order valence-corrected chi connectivity index (χ2v) is 10.1. The summed E-state index contributed by atoms with van der Waals surface area (Å²) in [6, 6.07) is 13.8. The van der Waals surface area contributed by atoms with Crippen molar-refractivity contribution in [3.8, 4) is 0 Å². The van der Waals surface area contributed by atoms with Gasteiger partial charge < -0.3 is 25.4 Å². The van der Waals surface area contributed by atoms with Crippen LogP contribution < -0.4 is 15.5 Å². The molecule has 1 aliphatic heterocycles. The molecule has 3 rings (SSSR count). The number of urea groups is 1. The first kappa shape index (κ1) is 24.1. The molecule has 1 atom stereocenters. The summed E-state index contributed by atoms with van der Waals surface area (Å²) in [5, 5.41) is 17.1.